The fourth-order valence-corrected chi connectivity index (χ4v) is 3.80. The molecule has 1 aliphatic heterocycles. The number of nitrogens with zero attached hydrogens (tertiary/aromatic N) is 1. The largest absolute Gasteiger partial charge is 0.327 e. The van der Waals surface area contributed by atoms with E-state index in [2.05, 4.69) is 10.2 Å². The Balaban J connectivity index is 1.54. The number of nitrogens with two attached hydrogens (primary N) is 1. The fourth-order valence-electron chi connectivity index (χ4n) is 3.51. The maximum atomic E-state index is 12.1. The van der Waals surface area contributed by atoms with Crippen LogP contribution in [0.1, 0.15) is 12.8 Å². The number of halogens is 2. The number of carbonyl (C=O) groups is 1. The van der Waals surface area contributed by atoms with Crippen LogP contribution in [-0.4, -0.2) is 36.5 Å². The predicted molar refractivity (Wildman–Crippen MR) is 85.7 cm³/mol. The molecule has 0 radical (unpaired) electrons. The number of rotatable bonds is 3. The maximum Gasteiger partial charge on any atom is 0.238 e. The van der Waals surface area contributed by atoms with Crippen molar-refractivity contribution in [2.75, 3.05) is 25.0 Å². The van der Waals surface area contributed by atoms with E-state index in [9.17, 15) is 4.79 Å². The molecule has 21 heavy (non-hydrogen) atoms. The van der Waals surface area contributed by atoms with Crippen molar-refractivity contribution in [3.63, 3.8) is 0 Å². The number of amides is 1. The van der Waals surface area contributed by atoms with Crippen molar-refractivity contribution >= 4 is 34.8 Å². The van der Waals surface area contributed by atoms with Crippen molar-refractivity contribution < 1.29 is 4.79 Å². The lowest BCUT2D eigenvalue weighted by Gasteiger charge is -2.18. The SMILES string of the molecule is NC1CCC2CN(CC(=O)Nc3ccc(Cl)c(Cl)c3)CC12. The zero-order chi connectivity index (χ0) is 15.0. The summed E-state index contributed by atoms with van der Waals surface area (Å²) in [6.45, 7) is 2.31. The number of benzene rings is 1. The maximum absolute atomic E-state index is 12.1. The molecule has 1 saturated heterocycles. The van der Waals surface area contributed by atoms with Crippen molar-refractivity contribution in [2.24, 2.45) is 17.6 Å². The molecule has 2 aliphatic rings. The number of nitrogens with one attached hydrogen (secondary N) is 1. The highest BCUT2D eigenvalue weighted by Crippen LogP contribution is 2.36. The molecule has 1 aliphatic carbocycles. The molecule has 1 aromatic carbocycles. The van der Waals surface area contributed by atoms with Gasteiger partial charge in [-0.25, -0.2) is 0 Å². The third kappa shape index (κ3) is 3.34. The second-order valence-corrected chi connectivity index (χ2v) is 6.85. The lowest BCUT2D eigenvalue weighted by molar-refractivity contribution is -0.117. The normalized spacial score (nSPS) is 28.6. The molecular formula is C15H19Cl2N3O. The van der Waals surface area contributed by atoms with Gasteiger partial charge in [-0.2, -0.15) is 0 Å². The molecular weight excluding hydrogens is 309 g/mol. The average Bonchev–Trinajstić information content (AvgIpc) is 2.96. The van der Waals surface area contributed by atoms with Crippen molar-refractivity contribution in [2.45, 2.75) is 18.9 Å². The Kier molecular flexibility index (Phi) is 4.41. The van der Waals surface area contributed by atoms with E-state index in [1.165, 1.54) is 6.42 Å². The standard InChI is InChI=1S/C15H19Cl2N3O/c16-12-3-2-10(5-13(12)17)19-15(21)8-20-6-9-1-4-14(18)11(9)7-20/h2-3,5,9,11,14H,1,4,6-8,18H2,(H,19,21). The highest BCUT2D eigenvalue weighted by atomic mass is 35.5. The van der Waals surface area contributed by atoms with Crippen molar-refractivity contribution in [3.05, 3.63) is 28.2 Å². The minimum absolute atomic E-state index is 0.0260. The zero-order valence-corrected chi connectivity index (χ0v) is 13.2. The third-order valence-corrected chi connectivity index (χ3v) is 5.30. The van der Waals surface area contributed by atoms with Gasteiger partial charge in [-0.1, -0.05) is 23.2 Å². The van der Waals surface area contributed by atoms with Crippen molar-refractivity contribution in [3.8, 4) is 0 Å². The summed E-state index contributed by atoms with van der Waals surface area (Å²) < 4.78 is 0. The number of hydrogen-bond acceptors (Lipinski definition) is 3. The highest BCUT2D eigenvalue weighted by molar-refractivity contribution is 6.42. The van der Waals surface area contributed by atoms with Gasteiger partial charge in [0.15, 0.2) is 0 Å². The molecule has 1 heterocycles. The molecule has 4 nitrogen and oxygen atoms in total. The number of likely N-dealkylation sites (tertiary alicyclic amines) is 1. The van der Waals surface area contributed by atoms with Gasteiger partial charge in [0.05, 0.1) is 16.6 Å². The number of fused-ring (bicyclic) bond motifs is 1. The average molecular weight is 328 g/mol. The summed E-state index contributed by atoms with van der Waals surface area (Å²) in [4.78, 5) is 14.3. The van der Waals surface area contributed by atoms with Crippen molar-refractivity contribution in [1.29, 1.82) is 0 Å². The predicted octanol–water partition coefficient (Wildman–Crippen LogP) is 2.60. The summed E-state index contributed by atoms with van der Waals surface area (Å²) >= 11 is 11.8. The molecule has 0 aromatic heterocycles. The Hall–Kier alpha value is -0.810. The Morgan fingerprint density at radius 3 is 2.81 bits per heavy atom. The molecule has 1 amide bonds. The summed E-state index contributed by atoms with van der Waals surface area (Å²) in [5.41, 5.74) is 6.78. The van der Waals surface area contributed by atoms with E-state index in [1.54, 1.807) is 18.2 Å². The first kappa shape index (κ1) is 15.1. The molecule has 2 fully saturated rings. The van der Waals surface area contributed by atoms with Crippen molar-refractivity contribution in [1.82, 2.24) is 4.90 Å². The molecule has 0 bridgehead atoms. The summed E-state index contributed by atoms with van der Waals surface area (Å²) in [6, 6.07) is 5.40. The lowest BCUT2D eigenvalue weighted by atomic mass is 9.98. The van der Waals surface area contributed by atoms with E-state index in [0.717, 1.165) is 19.5 Å². The molecule has 1 saturated carbocycles. The summed E-state index contributed by atoms with van der Waals surface area (Å²) in [5, 5.41) is 3.78. The summed E-state index contributed by atoms with van der Waals surface area (Å²) in [7, 11) is 0. The van der Waals surface area contributed by atoms with Gasteiger partial charge >= 0.3 is 0 Å². The van der Waals surface area contributed by atoms with Gasteiger partial charge in [0.2, 0.25) is 5.91 Å². The van der Waals surface area contributed by atoms with E-state index < -0.39 is 0 Å². The van der Waals surface area contributed by atoms with Crippen LogP contribution >= 0.6 is 23.2 Å². The van der Waals surface area contributed by atoms with Gasteiger partial charge in [-0.15, -0.1) is 0 Å². The first-order valence-electron chi connectivity index (χ1n) is 7.26. The van der Waals surface area contributed by atoms with E-state index >= 15 is 0 Å². The van der Waals surface area contributed by atoms with Crippen LogP contribution in [0.4, 0.5) is 5.69 Å². The van der Waals surface area contributed by atoms with Crippen LogP contribution in [0.2, 0.25) is 10.0 Å². The molecule has 3 N–H and O–H groups in total. The molecule has 114 valence electrons. The number of carbonyl (C=O) groups excluding carboxylic acids is 1. The first-order chi connectivity index (χ1) is 10.0. The second kappa shape index (κ2) is 6.13. The molecule has 1 aromatic rings. The Labute approximate surface area is 134 Å². The van der Waals surface area contributed by atoms with Gasteiger partial charge in [-0.3, -0.25) is 9.69 Å². The zero-order valence-electron chi connectivity index (χ0n) is 11.7. The molecule has 3 atom stereocenters. The van der Waals surface area contributed by atoms with Gasteiger partial charge in [0, 0.05) is 24.8 Å². The first-order valence-corrected chi connectivity index (χ1v) is 8.01. The van der Waals surface area contributed by atoms with Crippen LogP contribution in [-0.2, 0) is 4.79 Å². The minimum Gasteiger partial charge on any atom is -0.327 e. The van der Waals surface area contributed by atoms with Crippen LogP contribution in [0.3, 0.4) is 0 Å². The molecule has 0 spiro atoms. The lowest BCUT2D eigenvalue weighted by Crippen LogP contribution is -2.34. The highest BCUT2D eigenvalue weighted by Gasteiger charge is 2.41. The van der Waals surface area contributed by atoms with Crippen LogP contribution in [0.5, 0.6) is 0 Å². The summed E-state index contributed by atoms with van der Waals surface area (Å²) in [5.74, 6) is 1.20. The Bertz CT molecular complexity index is 552. The third-order valence-electron chi connectivity index (χ3n) is 4.56. The van der Waals surface area contributed by atoms with Gasteiger partial charge < -0.3 is 11.1 Å². The van der Waals surface area contributed by atoms with Gasteiger partial charge in [0.1, 0.15) is 0 Å². The molecule has 3 rings (SSSR count). The van der Waals surface area contributed by atoms with Crippen LogP contribution in [0.15, 0.2) is 18.2 Å². The Morgan fingerprint density at radius 2 is 2.10 bits per heavy atom. The minimum atomic E-state index is -0.0260. The molecule has 6 heteroatoms. The van der Waals surface area contributed by atoms with E-state index in [4.69, 9.17) is 28.9 Å². The number of anilines is 1. The monoisotopic (exact) mass is 327 g/mol. The van der Waals surface area contributed by atoms with Gasteiger partial charge in [-0.05, 0) is 42.9 Å². The van der Waals surface area contributed by atoms with Crippen LogP contribution in [0.25, 0.3) is 0 Å². The van der Waals surface area contributed by atoms with Crippen LogP contribution in [0, 0.1) is 11.8 Å². The topological polar surface area (TPSA) is 58.4 Å². The smallest absolute Gasteiger partial charge is 0.238 e. The number of hydrogen-bond donors (Lipinski definition) is 2. The quantitative estimate of drug-likeness (QED) is 0.897. The fraction of sp³-hybridized carbons (Fsp3) is 0.533. The van der Waals surface area contributed by atoms with E-state index in [-0.39, 0.29) is 5.91 Å². The second-order valence-electron chi connectivity index (χ2n) is 6.04. The van der Waals surface area contributed by atoms with E-state index in [1.807, 2.05) is 0 Å². The van der Waals surface area contributed by atoms with Gasteiger partial charge in [0.25, 0.3) is 0 Å². The van der Waals surface area contributed by atoms with Crippen LogP contribution < -0.4 is 11.1 Å². The van der Waals surface area contributed by atoms with E-state index in [0.29, 0.717) is 40.2 Å². The summed E-state index contributed by atoms with van der Waals surface area (Å²) in [6.07, 6.45) is 2.31. The Morgan fingerprint density at radius 1 is 1.29 bits per heavy atom. The molecule has 3 unspecified atom stereocenters.